The summed E-state index contributed by atoms with van der Waals surface area (Å²) in [4.78, 5) is 13.4. The summed E-state index contributed by atoms with van der Waals surface area (Å²) in [6.45, 7) is 4.87. The largest absolute Gasteiger partial charge is 0.341 e. The number of hydrogen-bond donors (Lipinski definition) is 2. The quantitative estimate of drug-likeness (QED) is 0.654. The van der Waals surface area contributed by atoms with Crippen LogP contribution < -0.4 is 10.6 Å². The van der Waals surface area contributed by atoms with E-state index in [0.29, 0.717) is 6.04 Å². The van der Waals surface area contributed by atoms with Gasteiger partial charge in [-0.15, -0.1) is 0 Å². The topological polar surface area (TPSA) is 44.4 Å². The van der Waals surface area contributed by atoms with Crippen molar-refractivity contribution in [1.82, 2.24) is 15.5 Å². The van der Waals surface area contributed by atoms with E-state index < -0.39 is 0 Å². The molecule has 2 N–H and O–H groups in total. The van der Waals surface area contributed by atoms with E-state index in [9.17, 15) is 4.79 Å². The first-order valence-electron chi connectivity index (χ1n) is 4.98. The highest BCUT2D eigenvalue weighted by molar-refractivity contribution is 5.74. The number of nitrogens with one attached hydrogen (secondary N) is 2. The van der Waals surface area contributed by atoms with E-state index in [1.54, 1.807) is 7.05 Å². The number of rotatable bonds is 2. The lowest BCUT2D eigenvalue weighted by atomic mass is 10.1. The van der Waals surface area contributed by atoms with Gasteiger partial charge in [-0.05, 0) is 32.9 Å². The second-order valence-corrected chi connectivity index (χ2v) is 3.32. The average Bonchev–Trinajstić information content (AvgIpc) is 2.20. The van der Waals surface area contributed by atoms with E-state index in [4.69, 9.17) is 0 Å². The summed E-state index contributed by atoms with van der Waals surface area (Å²) in [6, 6.07) is 0.473. The molecule has 0 atom stereocenters. The Kier molecular flexibility index (Phi) is 4.02. The number of nitrogens with zero attached hydrogens (tertiary/aromatic N) is 1. The van der Waals surface area contributed by atoms with Crippen molar-refractivity contribution in [1.29, 1.82) is 0 Å². The van der Waals surface area contributed by atoms with E-state index in [0.717, 1.165) is 32.5 Å². The van der Waals surface area contributed by atoms with Crippen molar-refractivity contribution in [2.45, 2.75) is 25.8 Å². The van der Waals surface area contributed by atoms with Gasteiger partial charge >= 0.3 is 6.03 Å². The first-order valence-corrected chi connectivity index (χ1v) is 4.98. The molecule has 1 rings (SSSR count). The monoisotopic (exact) mass is 185 g/mol. The molecule has 0 aliphatic carbocycles. The average molecular weight is 185 g/mol. The third-order valence-electron chi connectivity index (χ3n) is 2.56. The van der Waals surface area contributed by atoms with Crippen LogP contribution in [0.25, 0.3) is 0 Å². The number of carbonyl (C=O) groups is 1. The van der Waals surface area contributed by atoms with E-state index in [-0.39, 0.29) is 6.03 Å². The first kappa shape index (κ1) is 10.3. The Labute approximate surface area is 79.7 Å². The molecule has 0 saturated carbocycles. The van der Waals surface area contributed by atoms with Gasteiger partial charge in [-0.1, -0.05) is 0 Å². The summed E-state index contributed by atoms with van der Waals surface area (Å²) in [5.74, 6) is 0. The molecule has 0 unspecified atom stereocenters. The lowest BCUT2D eigenvalue weighted by molar-refractivity contribution is 0.165. The van der Waals surface area contributed by atoms with Gasteiger partial charge in [0.25, 0.3) is 0 Å². The van der Waals surface area contributed by atoms with Gasteiger partial charge in [0.15, 0.2) is 0 Å². The molecule has 0 aromatic heterocycles. The molecule has 76 valence electrons. The minimum atomic E-state index is 0.0504. The maximum atomic E-state index is 11.4. The molecular formula is C9H19N3O. The molecule has 4 heteroatoms. The number of amides is 2. The van der Waals surface area contributed by atoms with Gasteiger partial charge in [-0.3, -0.25) is 0 Å². The zero-order valence-electron chi connectivity index (χ0n) is 8.47. The Hall–Kier alpha value is -0.770. The predicted molar refractivity (Wildman–Crippen MR) is 52.7 cm³/mol. The third kappa shape index (κ3) is 2.59. The molecule has 2 amide bonds. The van der Waals surface area contributed by atoms with Gasteiger partial charge in [0.1, 0.15) is 0 Å². The van der Waals surface area contributed by atoms with Crippen molar-refractivity contribution in [2.75, 3.05) is 26.7 Å². The van der Waals surface area contributed by atoms with Crippen LogP contribution in [0.4, 0.5) is 4.79 Å². The maximum absolute atomic E-state index is 11.4. The van der Waals surface area contributed by atoms with Gasteiger partial charge in [0.05, 0.1) is 0 Å². The van der Waals surface area contributed by atoms with Crippen LogP contribution >= 0.6 is 0 Å². The van der Waals surface area contributed by atoms with Crippen LogP contribution in [0, 0.1) is 0 Å². The van der Waals surface area contributed by atoms with Crippen LogP contribution in [-0.2, 0) is 0 Å². The molecule has 1 heterocycles. The minimum absolute atomic E-state index is 0.0504. The number of piperidine rings is 1. The van der Waals surface area contributed by atoms with E-state index >= 15 is 0 Å². The summed E-state index contributed by atoms with van der Waals surface area (Å²) in [6.07, 6.45) is 2.14. The van der Waals surface area contributed by atoms with Crippen LogP contribution in [0.5, 0.6) is 0 Å². The fraction of sp³-hybridized carbons (Fsp3) is 0.889. The molecule has 1 fully saturated rings. The van der Waals surface area contributed by atoms with Gasteiger partial charge in [-0.2, -0.15) is 0 Å². The second-order valence-electron chi connectivity index (χ2n) is 3.32. The van der Waals surface area contributed by atoms with Gasteiger partial charge in [0, 0.05) is 19.6 Å². The van der Waals surface area contributed by atoms with Crippen LogP contribution in [0.1, 0.15) is 19.8 Å². The molecule has 0 spiro atoms. The SMILES string of the molecule is CCN(C(=O)NC)C1CCNCC1. The molecule has 0 aromatic rings. The first-order chi connectivity index (χ1) is 6.29. The number of urea groups is 1. The molecule has 4 nitrogen and oxygen atoms in total. The molecule has 0 aromatic carbocycles. The van der Waals surface area contributed by atoms with E-state index in [1.807, 2.05) is 11.8 Å². The van der Waals surface area contributed by atoms with Crippen molar-refractivity contribution in [3.05, 3.63) is 0 Å². The lowest BCUT2D eigenvalue weighted by Crippen LogP contribution is -2.49. The maximum Gasteiger partial charge on any atom is 0.317 e. The Bertz CT molecular complexity index is 166. The Balaban J connectivity index is 2.48. The number of hydrogen-bond acceptors (Lipinski definition) is 2. The van der Waals surface area contributed by atoms with Gasteiger partial charge in [0.2, 0.25) is 0 Å². The van der Waals surface area contributed by atoms with Gasteiger partial charge < -0.3 is 15.5 Å². The minimum Gasteiger partial charge on any atom is -0.341 e. The highest BCUT2D eigenvalue weighted by atomic mass is 16.2. The molecule has 13 heavy (non-hydrogen) atoms. The number of carbonyl (C=O) groups excluding carboxylic acids is 1. The molecular weight excluding hydrogens is 166 g/mol. The molecule has 1 aliphatic heterocycles. The Morgan fingerprint density at radius 1 is 1.54 bits per heavy atom. The molecule has 0 bridgehead atoms. The van der Waals surface area contributed by atoms with Crippen LogP contribution in [-0.4, -0.2) is 43.7 Å². The molecule has 0 radical (unpaired) electrons. The zero-order valence-corrected chi connectivity index (χ0v) is 8.47. The van der Waals surface area contributed by atoms with Crippen LogP contribution in [0.3, 0.4) is 0 Å². The molecule has 1 aliphatic rings. The Morgan fingerprint density at radius 3 is 2.62 bits per heavy atom. The second kappa shape index (κ2) is 5.07. The summed E-state index contributed by atoms with van der Waals surface area (Å²) < 4.78 is 0. The normalized spacial score (nSPS) is 18.3. The fourth-order valence-corrected chi connectivity index (χ4v) is 1.83. The van der Waals surface area contributed by atoms with Crippen molar-refractivity contribution in [3.63, 3.8) is 0 Å². The summed E-state index contributed by atoms with van der Waals surface area (Å²) in [5.41, 5.74) is 0. The standard InChI is InChI=1S/C9H19N3O/c1-3-12(9(13)10-2)8-4-6-11-7-5-8/h8,11H,3-7H2,1-2H3,(H,10,13). The van der Waals surface area contributed by atoms with Crippen molar-refractivity contribution in [2.24, 2.45) is 0 Å². The highest BCUT2D eigenvalue weighted by Gasteiger charge is 2.22. The van der Waals surface area contributed by atoms with Crippen molar-refractivity contribution < 1.29 is 4.79 Å². The van der Waals surface area contributed by atoms with Crippen molar-refractivity contribution in [3.8, 4) is 0 Å². The predicted octanol–water partition coefficient (Wildman–Crippen LogP) is 0.400. The van der Waals surface area contributed by atoms with Crippen molar-refractivity contribution >= 4 is 6.03 Å². The lowest BCUT2D eigenvalue weighted by Gasteiger charge is -2.33. The fourth-order valence-electron chi connectivity index (χ4n) is 1.83. The van der Waals surface area contributed by atoms with Crippen LogP contribution in [0.2, 0.25) is 0 Å². The summed E-state index contributed by atoms with van der Waals surface area (Å²) in [5, 5.41) is 5.97. The third-order valence-corrected chi connectivity index (χ3v) is 2.56. The smallest absolute Gasteiger partial charge is 0.317 e. The van der Waals surface area contributed by atoms with Crippen LogP contribution in [0.15, 0.2) is 0 Å². The van der Waals surface area contributed by atoms with Gasteiger partial charge in [-0.25, -0.2) is 4.79 Å². The highest BCUT2D eigenvalue weighted by Crippen LogP contribution is 2.11. The summed E-state index contributed by atoms with van der Waals surface area (Å²) in [7, 11) is 1.69. The summed E-state index contributed by atoms with van der Waals surface area (Å²) >= 11 is 0. The zero-order chi connectivity index (χ0) is 9.68. The van der Waals surface area contributed by atoms with E-state index in [1.165, 1.54) is 0 Å². The Morgan fingerprint density at radius 2 is 2.15 bits per heavy atom. The molecule has 1 saturated heterocycles. The van der Waals surface area contributed by atoms with E-state index in [2.05, 4.69) is 10.6 Å².